The number of sulfonamides is 1. The molecule has 12 heteroatoms. The molecule has 5 heterocycles. The van der Waals surface area contributed by atoms with E-state index in [1.807, 2.05) is 24.4 Å². The predicted molar refractivity (Wildman–Crippen MR) is 142 cm³/mol. The Bertz CT molecular complexity index is 1510. The maximum absolute atomic E-state index is 12.0. The summed E-state index contributed by atoms with van der Waals surface area (Å²) in [5.74, 6) is 1.64. The van der Waals surface area contributed by atoms with Gasteiger partial charge >= 0.3 is 0 Å². The second-order valence-corrected chi connectivity index (χ2v) is 12.6. The molecule has 3 aromatic heterocycles. The number of rotatable bonds is 5. The molecular formula is C24H29N7O3S2. The number of nitrogens with zero attached hydrogens (tertiary/aromatic N) is 6. The second-order valence-electron chi connectivity index (χ2n) is 9.47. The van der Waals surface area contributed by atoms with Crippen molar-refractivity contribution >= 4 is 48.3 Å². The Kier molecular flexibility index (Phi) is 6.16. The Balaban J connectivity index is 1.37. The summed E-state index contributed by atoms with van der Waals surface area (Å²) in [7, 11) is -3.17. The largest absolute Gasteiger partial charge is 0.378 e. The Labute approximate surface area is 213 Å². The summed E-state index contributed by atoms with van der Waals surface area (Å²) < 4.78 is 32.2. The summed E-state index contributed by atoms with van der Waals surface area (Å²) >= 11 is 1.73. The fourth-order valence-electron chi connectivity index (χ4n) is 5.01. The lowest BCUT2D eigenvalue weighted by Gasteiger charge is -2.38. The summed E-state index contributed by atoms with van der Waals surface area (Å²) in [6, 6.07) is 8.34. The van der Waals surface area contributed by atoms with E-state index < -0.39 is 10.0 Å². The molecule has 1 atom stereocenters. The number of ether oxygens (including phenoxy) is 1. The second kappa shape index (κ2) is 9.34. The van der Waals surface area contributed by atoms with Crippen molar-refractivity contribution in [2.24, 2.45) is 0 Å². The zero-order chi connectivity index (χ0) is 24.9. The van der Waals surface area contributed by atoms with Crippen molar-refractivity contribution in [2.75, 3.05) is 57.1 Å². The fraction of sp³-hybridized carbons (Fsp3) is 0.458. The van der Waals surface area contributed by atoms with E-state index in [0.717, 1.165) is 52.1 Å². The summed E-state index contributed by atoms with van der Waals surface area (Å²) in [5.41, 5.74) is 2.85. The molecule has 0 aliphatic carbocycles. The molecule has 36 heavy (non-hydrogen) atoms. The Morgan fingerprint density at radius 3 is 2.78 bits per heavy atom. The van der Waals surface area contributed by atoms with Gasteiger partial charge in [-0.05, 0) is 19.1 Å². The fourth-order valence-corrected chi connectivity index (χ4v) is 7.05. The normalized spacial score (nSPS) is 20.5. The zero-order valence-electron chi connectivity index (χ0n) is 20.3. The van der Waals surface area contributed by atoms with Gasteiger partial charge in [0.2, 0.25) is 10.0 Å². The van der Waals surface area contributed by atoms with E-state index in [2.05, 4.69) is 33.0 Å². The minimum absolute atomic E-state index is 0.137. The molecule has 0 amide bonds. The molecule has 1 unspecified atom stereocenters. The number of hydrogen-bond donors (Lipinski definition) is 1. The topological polar surface area (TPSA) is 108 Å². The van der Waals surface area contributed by atoms with Crippen LogP contribution in [0.3, 0.4) is 0 Å². The van der Waals surface area contributed by atoms with E-state index in [0.29, 0.717) is 38.7 Å². The van der Waals surface area contributed by atoms with Crippen LogP contribution in [0.5, 0.6) is 0 Å². The molecule has 6 rings (SSSR count). The maximum Gasteiger partial charge on any atom is 0.211 e. The minimum atomic E-state index is -3.17. The third kappa shape index (κ3) is 4.48. The molecule has 0 bridgehead atoms. The van der Waals surface area contributed by atoms with Gasteiger partial charge in [0.15, 0.2) is 11.6 Å². The molecular weight excluding hydrogens is 498 g/mol. The molecule has 0 radical (unpaired) electrons. The SMILES string of the molecule is CC1CN(S(C)(=O)=O)CCN1Cc1cc2nc(-c3cccc4[nH]ncc34)nc(N3CCOCC3)c2s1. The minimum Gasteiger partial charge on any atom is -0.378 e. The molecule has 2 fully saturated rings. The van der Waals surface area contributed by atoms with Crippen LogP contribution >= 0.6 is 11.3 Å². The van der Waals surface area contributed by atoms with Crippen molar-refractivity contribution in [3.8, 4) is 11.4 Å². The van der Waals surface area contributed by atoms with Crippen LogP contribution in [0.2, 0.25) is 0 Å². The van der Waals surface area contributed by atoms with E-state index in [1.165, 1.54) is 11.1 Å². The predicted octanol–water partition coefficient (Wildman–Crippen LogP) is 2.54. The first-order valence-electron chi connectivity index (χ1n) is 12.1. The molecule has 1 aromatic carbocycles. The summed E-state index contributed by atoms with van der Waals surface area (Å²) in [6.45, 7) is 7.53. The first-order valence-corrected chi connectivity index (χ1v) is 14.8. The van der Waals surface area contributed by atoms with Gasteiger partial charge in [0, 0.05) is 61.1 Å². The molecule has 2 saturated heterocycles. The van der Waals surface area contributed by atoms with Gasteiger partial charge in [-0.2, -0.15) is 9.40 Å². The van der Waals surface area contributed by atoms with Crippen LogP contribution in [0, 0.1) is 0 Å². The average molecular weight is 528 g/mol. The van der Waals surface area contributed by atoms with E-state index >= 15 is 0 Å². The first kappa shape index (κ1) is 23.7. The number of nitrogens with one attached hydrogen (secondary N) is 1. The summed E-state index contributed by atoms with van der Waals surface area (Å²) in [4.78, 5) is 15.9. The van der Waals surface area contributed by atoms with Gasteiger partial charge in [0.1, 0.15) is 0 Å². The van der Waals surface area contributed by atoms with Crippen molar-refractivity contribution in [2.45, 2.75) is 19.5 Å². The highest BCUT2D eigenvalue weighted by molar-refractivity contribution is 7.88. The number of anilines is 1. The van der Waals surface area contributed by atoms with E-state index in [4.69, 9.17) is 14.7 Å². The highest BCUT2D eigenvalue weighted by Crippen LogP contribution is 2.36. The van der Waals surface area contributed by atoms with Crippen LogP contribution in [0.4, 0.5) is 5.82 Å². The lowest BCUT2D eigenvalue weighted by atomic mass is 10.1. The molecule has 2 aliphatic heterocycles. The quantitative estimate of drug-likeness (QED) is 0.422. The number of morpholine rings is 1. The molecule has 0 saturated carbocycles. The van der Waals surface area contributed by atoms with Crippen molar-refractivity contribution in [1.29, 1.82) is 0 Å². The first-order chi connectivity index (χ1) is 17.4. The van der Waals surface area contributed by atoms with Gasteiger partial charge in [0.25, 0.3) is 0 Å². The van der Waals surface area contributed by atoms with Crippen LogP contribution < -0.4 is 4.90 Å². The molecule has 10 nitrogen and oxygen atoms in total. The molecule has 4 aromatic rings. The lowest BCUT2D eigenvalue weighted by Crippen LogP contribution is -2.52. The molecule has 1 N–H and O–H groups in total. The van der Waals surface area contributed by atoms with Gasteiger partial charge in [0.05, 0.1) is 41.4 Å². The number of H-pyrrole nitrogens is 1. The molecule has 2 aliphatic rings. The van der Waals surface area contributed by atoms with Crippen LogP contribution in [0.25, 0.3) is 32.5 Å². The van der Waals surface area contributed by atoms with Crippen molar-refractivity contribution < 1.29 is 13.2 Å². The lowest BCUT2D eigenvalue weighted by molar-refractivity contribution is 0.122. The van der Waals surface area contributed by atoms with Crippen LogP contribution in [-0.4, -0.2) is 96.0 Å². The maximum atomic E-state index is 12.0. The van der Waals surface area contributed by atoms with Gasteiger partial charge in [-0.3, -0.25) is 10.00 Å². The number of thiophene rings is 1. The van der Waals surface area contributed by atoms with E-state index in [-0.39, 0.29) is 6.04 Å². The highest BCUT2D eigenvalue weighted by atomic mass is 32.2. The number of aromatic amines is 1. The van der Waals surface area contributed by atoms with Gasteiger partial charge in [-0.25, -0.2) is 18.4 Å². The van der Waals surface area contributed by atoms with Gasteiger partial charge in [-0.15, -0.1) is 11.3 Å². The Morgan fingerprint density at radius 2 is 2.00 bits per heavy atom. The molecule has 0 spiro atoms. The Hall–Kier alpha value is -2.64. The monoisotopic (exact) mass is 527 g/mol. The standard InChI is InChI=1S/C24H29N7O3S2/c1-16-14-31(36(2,32)33)7-6-30(16)15-17-12-21-22(35-17)24(29-8-10-34-11-9-29)27-23(26-21)18-4-3-5-20-19(18)13-25-28-20/h3-5,12-13,16H,6-11,14-15H2,1-2H3,(H,25,28). The molecule has 190 valence electrons. The number of benzene rings is 1. The number of hydrogen-bond acceptors (Lipinski definition) is 9. The zero-order valence-corrected chi connectivity index (χ0v) is 22.0. The number of aromatic nitrogens is 4. The smallest absolute Gasteiger partial charge is 0.211 e. The van der Waals surface area contributed by atoms with Crippen molar-refractivity contribution in [3.05, 3.63) is 35.3 Å². The summed E-state index contributed by atoms with van der Waals surface area (Å²) in [5, 5.41) is 8.24. The third-order valence-electron chi connectivity index (χ3n) is 7.00. The third-order valence-corrected chi connectivity index (χ3v) is 9.37. The van der Waals surface area contributed by atoms with Crippen molar-refractivity contribution in [3.63, 3.8) is 0 Å². The van der Waals surface area contributed by atoms with Gasteiger partial charge < -0.3 is 9.64 Å². The van der Waals surface area contributed by atoms with Crippen LogP contribution in [0.15, 0.2) is 30.5 Å². The van der Waals surface area contributed by atoms with Crippen LogP contribution in [-0.2, 0) is 21.3 Å². The Morgan fingerprint density at radius 1 is 1.17 bits per heavy atom. The highest BCUT2D eigenvalue weighted by Gasteiger charge is 2.29. The van der Waals surface area contributed by atoms with Crippen LogP contribution in [0.1, 0.15) is 11.8 Å². The summed E-state index contributed by atoms with van der Waals surface area (Å²) in [6.07, 6.45) is 3.11. The number of piperazine rings is 1. The number of fused-ring (bicyclic) bond motifs is 2. The van der Waals surface area contributed by atoms with E-state index in [9.17, 15) is 8.42 Å². The van der Waals surface area contributed by atoms with E-state index in [1.54, 1.807) is 15.6 Å². The average Bonchev–Trinajstić information content (AvgIpc) is 3.51. The van der Waals surface area contributed by atoms with Gasteiger partial charge in [-0.1, -0.05) is 12.1 Å². The van der Waals surface area contributed by atoms with Crippen molar-refractivity contribution in [1.82, 2.24) is 29.4 Å².